The standard InChI is InChI=1S/C56H85N3O8/c1-43-18-22-50-48(41-43)55(4,5)52(57(50)26-31-63-37-39-65-35-33-61-10)24-20-46-16-12-17-47(54(46)67-30-14-29-59(8,9)28-13-15-45(3)60)21-25-53-56(6,7)49-42-44(2)19-23-51(49)58(53)27-32-64-38-40-66-36-34-62-11/h18-25,41-42H,12-17,26-40H2,1-11H3/q+2. The van der Waals surface area contributed by atoms with Crippen molar-refractivity contribution < 1.29 is 47.0 Å². The molecule has 0 radical (unpaired) electrons. The second kappa shape index (κ2) is 26.2. The van der Waals surface area contributed by atoms with Gasteiger partial charge in [-0.3, -0.25) is 0 Å². The quantitative estimate of drug-likeness (QED) is 0.0432. The molecule has 0 fully saturated rings. The van der Waals surface area contributed by atoms with Crippen LogP contribution in [0.15, 0.2) is 83.3 Å². The molecule has 0 amide bonds. The predicted octanol–water partition coefficient (Wildman–Crippen LogP) is 9.49. The lowest BCUT2D eigenvalue weighted by molar-refractivity contribution is -0.890. The van der Waals surface area contributed by atoms with E-state index in [1.165, 1.54) is 56.2 Å². The van der Waals surface area contributed by atoms with Crippen LogP contribution in [0, 0.1) is 13.8 Å². The lowest BCUT2D eigenvalue weighted by atomic mass is 9.80. The number of fused-ring (bicyclic) bond motifs is 2. The molecule has 0 unspecified atom stereocenters. The van der Waals surface area contributed by atoms with E-state index in [1.807, 2.05) is 0 Å². The number of carbonyl (C=O) groups is 1. The summed E-state index contributed by atoms with van der Waals surface area (Å²) in [6.07, 6.45) is 14.7. The molecule has 0 spiro atoms. The van der Waals surface area contributed by atoms with Gasteiger partial charge in [-0.1, -0.05) is 49.2 Å². The first-order valence-corrected chi connectivity index (χ1v) is 24.8. The predicted molar refractivity (Wildman–Crippen MR) is 271 cm³/mol. The highest BCUT2D eigenvalue weighted by atomic mass is 16.5. The van der Waals surface area contributed by atoms with Gasteiger partial charge in [-0.25, -0.2) is 0 Å². The average Bonchev–Trinajstić information content (AvgIpc) is 3.62. The third-order valence-electron chi connectivity index (χ3n) is 13.4. The van der Waals surface area contributed by atoms with Crippen molar-refractivity contribution in [2.75, 3.05) is 132 Å². The zero-order valence-electron chi connectivity index (χ0n) is 43.2. The molecule has 2 aliphatic heterocycles. The smallest absolute Gasteiger partial charge is 0.209 e. The summed E-state index contributed by atoms with van der Waals surface area (Å²) in [5, 5.41) is 0. The highest BCUT2D eigenvalue weighted by molar-refractivity contribution is 6.03. The lowest BCUT2D eigenvalue weighted by Crippen LogP contribution is -2.41. The molecule has 11 nitrogen and oxygen atoms in total. The van der Waals surface area contributed by atoms with E-state index in [0.29, 0.717) is 79.1 Å². The number of ketones is 1. The van der Waals surface area contributed by atoms with Crippen molar-refractivity contribution >= 4 is 22.9 Å². The number of nitrogens with zero attached hydrogens (tertiary/aromatic N) is 3. The van der Waals surface area contributed by atoms with Crippen LogP contribution in [0.4, 0.5) is 11.4 Å². The van der Waals surface area contributed by atoms with Crippen molar-refractivity contribution in [2.24, 2.45) is 0 Å². The molecule has 11 heteroatoms. The molecule has 0 N–H and O–H groups in total. The normalized spacial score (nSPS) is 18.0. The lowest BCUT2D eigenvalue weighted by Gasteiger charge is -2.30. The van der Waals surface area contributed by atoms with Crippen molar-refractivity contribution in [1.29, 1.82) is 0 Å². The molecular weight excluding hydrogens is 843 g/mol. The Labute approximate surface area is 404 Å². The number of carbonyl (C=O) groups excluding carboxylic acids is 1. The maximum Gasteiger partial charge on any atom is 0.209 e. The number of benzene rings is 2. The minimum absolute atomic E-state index is 0.210. The van der Waals surface area contributed by atoms with Crippen LogP contribution >= 0.6 is 0 Å². The van der Waals surface area contributed by atoms with E-state index in [4.69, 9.17) is 33.2 Å². The molecule has 1 aliphatic carbocycles. The Morgan fingerprint density at radius 1 is 0.716 bits per heavy atom. The second-order valence-electron chi connectivity index (χ2n) is 20.1. The Kier molecular flexibility index (Phi) is 21.1. The van der Waals surface area contributed by atoms with Crippen molar-refractivity contribution in [3.63, 3.8) is 0 Å². The Hall–Kier alpha value is -3.94. The first kappa shape index (κ1) is 54.0. The number of hydrogen-bond acceptors (Lipinski definition) is 9. The number of Topliss-reactive ketones (excluding diaryl/α,β-unsaturated/α-hetero) is 1. The van der Waals surface area contributed by atoms with Crippen LogP contribution < -0.4 is 4.90 Å². The Morgan fingerprint density at radius 3 is 2.00 bits per heavy atom. The molecule has 2 aromatic rings. The molecule has 67 heavy (non-hydrogen) atoms. The topological polar surface area (TPSA) is 87.9 Å². The number of rotatable bonds is 30. The molecule has 3 aliphatic rings. The highest BCUT2D eigenvalue weighted by Crippen LogP contribution is 2.48. The minimum atomic E-state index is -0.210. The van der Waals surface area contributed by atoms with Crippen molar-refractivity contribution in [3.8, 4) is 0 Å². The highest BCUT2D eigenvalue weighted by Gasteiger charge is 2.44. The van der Waals surface area contributed by atoms with Gasteiger partial charge >= 0.3 is 0 Å². The zero-order valence-corrected chi connectivity index (χ0v) is 43.2. The van der Waals surface area contributed by atoms with Gasteiger partial charge in [-0.05, 0) is 94.9 Å². The summed E-state index contributed by atoms with van der Waals surface area (Å²) >= 11 is 0. The molecule has 0 atom stereocenters. The summed E-state index contributed by atoms with van der Waals surface area (Å²) in [6.45, 7) is 25.1. The van der Waals surface area contributed by atoms with Gasteiger partial charge in [0.05, 0.1) is 98.7 Å². The Balaban J connectivity index is 1.47. The summed E-state index contributed by atoms with van der Waals surface area (Å²) in [7, 11) is 7.89. The van der Waals surface area contributed by atoms with Gasteiger partial charge in [0, 0.05) is 74.5 Å². The van der Waals surface area contributed by atoms with E-state index in [9.17, 15) is 4.79 Å². The van der Waals surface area contributed by atoms with Gasteiger partial charge < -0.3 is 47.3 Å². The number of anilines is 1. The number of aryl methyl sites for hydroxylation is 2. The molecule has 5 rings (SSSR count). The fourth-order valence-corrected chi connectivity index (χ4v) is 9.60. The summed E-state index contributed by atoms with van der Waals surface area (Å²) in [5.74, 6) is 1.26. The van der Waals surface area contributed by atoms with Gasteiger partial charge in [0.1, 0.15) is 18.1 Å². The van der Waals surface area contributed by atoms with Crippen LogP contribution in [0.5, 0.6) is 0 Å². The number of ether oxygens (including phenoxy) is 7. The van der Waals surface area contributed by atoms with Gasteiger partial charge in [0.25, 0.3) is 0 Å². The van der Waals surface area contributed by atoms with E-state index in [2.05, 4.69) is 126 Å². The fourth-order valence-electron chi connectivity index (χ4n) is 9.60. The maximum absolute atomic E-state index is 11.7. The van der Waals surface area contributed by atoms with E-state index < -0.39 is 0 Å². The van der Waals surface area contributed by atoms with Gasteiger partial charge in [-0.15, -0.1) is 0 Å². The van der Waals surface area contributed by atoms with Crippen LogP contribution in [-0.4, -0.2) is 148 Å². The fraction of sp³-hybridized carbons (Fsp3) is 0.607. The summed E-state index contributed by atoms with van der Waals surface area (Å²) < 4.78 is 44.1. The first-order valence-electron chi connectivity index (χ1n) is 24.8. The van der Waals surface area contributed by atoms with E-state index in [-0.39, 0.29) is 16.6 Å². The largest absolute Gasteiger partial charge is 0.493 e. The third-order valence-corrected chi connectivity index (χ3v) is 13.4. The molecule has 370 valence electrons. The molecule has 0 bridgehead atoms. The van der Waals surface area contributed by atoms with E-state index >= 15 is 0 Å². The third kappa shape index (κ3) is 15.3. The molecule has 0 saturated heterocycles. The first-order chi connectivity index (χ1) is 32.1. The van der Waals surface area contributed by atoms with Gasteiger partial charge in [-0.2, -0.15) is 4.58 Å². The van der Waals surface area contributed by atoms with Crippen LogP contribution in [0.1, 0.15) is 95.4 Å². The molecular formula is C56H85N3O8+2. The van der Waals surface area contributed by atoms with E-state index in [0.717, 1.165) is 68.5 Å². The monoisotopic (exact) mass is 928 g/mol. The van der Waals surface area contributed by atoms with E-state index in [1.54, 1.807) is 21.1 Å². The van der Waals surface area contributed by atoms with Crippen molar-refractivity contribution in [2.45, 2.75) is 97.8 Å². The van der Waals surface area contributed by atoms with Crippen LogP contribution in [-0.2, 0) is 48.8 Å². The van der Waals surface area contributed by atoms with Gasteiger partial charge in [0.15, 0.2) is 12.3 Å². The minimum Gasteiger partial charge on any atom is -0.493 e. The second-order valence-corrected chi connectivity index (χ2v) is 20.1. The Bertz CT molecular complexity index is 2090. The molecule has 2 aromatic carbocycles. The van der Waals surface area contributed by atoms with Gasteiger partial charge in [0.2, 0.25) is 5.69 Å². The van der Waals surface area contributed by atoms with Crippen molar-refractivity contribution in [3.05, 3.63) is 106 Å². The number of hydrogen-bond donors (Lipinski definition) is 0. The van der Waals surface area contributed by atoms with Crippen LogP contribution in [0.2, 0.25) is 0 Å². The van der Waals surface area contributed by atoms with Crippen LogP contribution in [0.3, 0.4) is 0 Å². The summed E-state index contributed by atoms with van der Waals surface area (Å²) in [5.41, 5.74) is 12.2. The summed E-state index contributed by atoms with van der Waals surface area (Å²) in [4.78, 5) is 14.1. The summed E-state index contributed by atoms with van der Waals surface area (Å²) in [6, 6.07) is 13.6. The molecule has 2 heterocycles. The van der Waals surface area contributed by atoms with Crippen LogP contribution in [0.25, 0.3) is 0 Å². The SMILES string of the molecule is COCCOCCOCCN1/C(=C/C=C2\CCCC(/C=C/C3=[N+](CCOCCOCCOC)c4ccc(C)cc4C3(C)C)=C2OCCC[N+](C)(C)CCCC(C)=O)C(C)(C)c2cc(C)ccc21. The van der Waals surface area contributed by atoms with Crippen molar-refractivity contribution in [1.82, 2.24) is 0 Å². The maximum atomic E-state index is 11.7. The zero-order chi connectivity index (χ0) is 48.5. The molecule has 0 saturated carbocycles. The number of quaternary nitrogens is 1. The number of allylic oxidation sites excluding steroid dienone is 7. The number of methoxy groups -OCH3 is 2. The average molecular weight is 928 g/mol. The Morgan fingerprint density at radius 2 is 1.33 bits per heavy atom. The molecule has 0 aromatic heterocycles.